The van der Waals surface area contributed by atoms with Crippen LogP contribution >= 0.6 is 22.6 Å². The number of imide groups is 1. The SMILES string of the molecule is CCC1=C2[C@@H](CC/C(=C/c3cc(I)c(O)c(OC)c3)CC)OC[C@@H]2[C@@H]2C(=O)N(C3CCCCC3)C(=O)[C@@H]2C1. The van der Waals surface area contributed by atoms with Crippen molar-refractivity contribution in [2.45, 2.75) is 90.2 Å². The molecule has 7 heteroatoms. The molecule has 206 valence electrons. The molecule has 0 unspecified atom stereocenters. The number of nitrogens with zero attached hydrogens (tertiary/aromatic N) is 1. The predicted octanol–water partition coefficient (Wildman–Crippen LogP) is 6.64. The minimum Gasteiger partial charge on any atom is -0.504 e. The molecule has 4 aliphatic rings. The van der Waals surface area contributed by atoms with E-state index in [1.165, 1.54) is 23.1 Å². The number of aromatic hydroxyl groups is 1. The number of halogens is 1. The van der Waals surface area contributed by atoms with E-state index in [0.717, 1.165) is 60.5 Å². The highest BCUT2D eigenvalue weighted by molar-refractivity contribution is 14.1. The molecule has 38 heavy (non-hydrogen) atoms. The first-order valence-electron chi connectivity index (χ1n) is 14.3. The van der Waals surface area contributed by atoms with Gasteiger partial charge in [-0.25, -0.2) is 0 Å². The molecule has 0 bridgehead atoms. The summed E-state index contributed by atoms with van der Waals surface area (Å²) in [6.07, 6.45) is 11.8. The summed E-state index contributed by atoms with van der Waals surface area (Å²) in [6.45, 7) is 4.88. The van der Waals surface area contributed by atoms with E-state index in [1.54, 1.807) is 12.0 Å². The molecule has 2 aliphatic carbocycles. The van der Waals surface area contributed by atoms with Gasteiger partial charge in [-0.05, 0) is 90.8 Å². The Balaban J connectivity index is 1.33. The van der Waals surface area contributed by atoms with Gasteiger partial charge in [-0.15, -0.1) is 0 Å². The van der Waals surface area contributed by atoms with Crippen LogP contribution in [0.1, 0.15) is 83.6 Å². The summed E-state index contributed by atoms with van der Waals surface area (Å²) in [7, 11) is 1.57. The zero-order chi connectivity index (χ0) is 27.0. The van der Waals surface area contributed by atoms with Gasteiger partial charge in [0.2, 0.25) is 11.8 Å². The number of rotatable bonds is 8. The molecular weight excluding hydrogens is 593 g/mol. The van der Waals surface area contributed by atoms with Crippen molar-refractivity contribution in [3.05, 3.63) is 38.0 Å². The summed E-state index contributed by atoms with van der Waals surface area (Å²) in [6, 6.07) is 3.94. The largest absolute Gasteiger partial charge is 0.504 e. The molecule has 4 atom stereocenters. The smallest absolute Gasteiger partial charge is 0.234 e. The number of hydrogen-bond donors (Lipinski definition) is 1. The molecule has 0 radical (unpaired) electrons. The molecule has 0 aromatic heterocycles. The topological polar surface area (TPSA) is 76.1 Å². The van der Waals surface area contributed by atoms with Gasteiger partial charge in [0, 0.05) is 12.0 Å². The number of carbonyl (C=O) groups excluding carboxylic acids is 2. The highest BCUT2D eigenvalue weighted by Gasteiger charge is 2.57. The van der Waals surface area contributed by atoms with Crippen molar-refractivity contribution >= 4 is 40.5 Å². The average Bonchev–Trinajstić information content (AvgIpc) is 3.46. The lowest BCUT2D eigenvalue weighted by Crippen LogP contribution is -2.42. The van der Waals surface area contributed by atoms with Crippen molar-refractivity contribution < 1.29 is 24.2 Å². The fourth-order valence-electron chi connectivity index (χ4n) is 7.27. The minimum absolute atomic E-state index is 0.00646. The molecule has 3 fully saturated rings. The Bertz CT molecular complexity index is 1150. The molecule has 1 saturated carbocycles. The van der Waals surface area contributed by atoms with Gasteiger partial charge in [-0.2, -0.15) is 0 Å². The van der Waals surface area contributed by atoms with Gasteiger partial charge in [0.05, 0.1) is 35.2 Å². The van der Waals surface area contributed by atoms with E-state index in [1.807, 2.05) is 12.1 Å². The number of fused-ring (bicyclic) bond motifs is 3. The summed E-state index contributed by atoms with van der Waals surface area (Å²) < 4.78 is 12.5. The van der Waals surface area contributed by atoms with Crippen molar-refractivity contribution in [1.82, 2.24) is 4.90 Å². The predicted molar refractivity (Wildman–Crippen MR) is 156 cm³/mol. The first-order valence-corrected chi connectivity index (χ1v) is 15.4. The van der Waals surface area contributed by atoms with E-state index in [0.29, 0.717) is 18.8 Å². The van der Waals surface area contributed by atoms with Crippen LogP contribution in [0, 0.1) is 21.3 Å². The molecule has 0 spiro atoms. The maximum Gasteiger partial charge on any atom is 0.234 e. The summed E-state index contributed by atoms with van der Waals surface area (Å²) in [4.78, 5) is 28.9. The second-order valence-corrected chi connectivity index (χ2v) is 12.4. The maximum absolute atomic E-state index is 13.7. The third-order valence-corrected chi connectivity index (χ3v) is 10.1. The lowest BCUT2D eigenvalue weighted by atomic mass is 9.69. The molecule has 2 heterocycles. The van der Waals surface area contributed by atoms with Crippen LogP contribution in [0.3, 0.4) is 0 Å². The second-order valence-electron chi connectivity index (χ2n) is 11.3. The second kappa shape index (κ2) is 11.7. The van der Waals surface area contributed by atoms with Gasteiger partial charge < -0.3 is 14.6 Å². The molecule has 1 aromatic rings. The van der Waals surface area contributed by atoms with Crippen molar-refractivity contribution in [3.8, 4) is 11.5 Å². The van der Waals surface area contributed by atoms with Crippen molar-refractivity contribution in [2.75, 3.05) is 13.7 Å². The zero-order valence-corrected chi connectivity index (χ0v) is 25.0. The van der Waals surface area contributed by atoms with E-state index >= 15 is 0 Å². The number of phenols is 1. The lowest BCUT2D eigenvalue weighted by molar-refractivity contribution is -0.143. The van der Waals surface area contributed by atoms with Crippen LogP contribution in [-0.2, 0) is 14.3 Å². The van der Waals surface area contributed by atoms with Crippen LogP contribution in [0.25, 0.3) is 6.08 Å². The highest BCUT2D eigenvalue weighted by atomic mass is 127. The number of phenolic OH excluding ortho intramolecular Hbond substituents is 1. The number of methoxy groups -OCH3 is 1. The van der Waals surface area contributed by atoms with Gasteiger partial charge >= 0.3 is 0 Å². The molecule has 1 aromatic carbocycles. The molecule has 2 saturated heterocycles. The van der Waals surface area contributed by atoms with Gasteiger partial charge in [0.15, 0.2) is 11.5 Å². The number of allylic oxidation sites excluding steroid dienone is 2. The van der Waals surface area contributed by atoms with Gasteiger partial charge in [0.1, 0.15) is 0 Å². The van der Waals surface area contributed by atoms with Gasteiger partial charge in [0.25, 0.3) is 0 Å². The summed E-state index contributed by atoms with van der Waals surface area (Å²) in [5.41, 5.74) is 4.98. The molecular formula is C31H40INO5. The Kier molecular flexibility index (Phi) is 8.53. The molecule has 5 rings (SSSR count). The standard InChI is InChI=1S/C31H40INO5/c1-4-18(13-19-14-24(32)29(34)26(15-19)37-3)11-12-25-27-20(5-2)16-22-28(23(27)17-38-25)31(36)33(30(22)35)21-9-7-6-8-10-21/h13-15,21-23,25,28,34H,4-12,16-17H2,1-3H3/b18-13+/t22-,23+,25-,28-/m1/s1. The Labute approximate surface area is 240 Å². The Morgan fingerprint density at radius 2 is 1.92 bits per heavy atom. The van der Waals surface area contributed by atoms with Gasteiger partial charge in [-0.3, -0.25) is 14.5 Å². The Hall–Kier alpha value is -1.87. The molecule has 1 N–H and O–H groups in total. The van der Waals surface area contributed by atoms with Crippen LogP contribution in [0.2, 0.25) is 0 Å². The third-order valence-electron chi connectivity index (χ3n) is 9.23. The number of carbonyl (C=O) groups is 2. The van der Waals surface area contributed by atoms with Crippen LogP contribution in [0.15, 0.2) is 28.9 Å². The van der Waals surface area contributed by atoms with Crippen molar-refractivity contribution in [1.29, 1.82) is 0 Å². The summed E-state index contributed by atoms with van der Waals surface area (Å²) >= 11 is 2.13. The van der Waals surface area contributed by atoms with Crippen molar-refractivity contribution in [3.63, 3.8) is 0 Å². The molecule has 6 nitrogen and oxygen atoms in total. The van der Waals surface area contributed by atoms with E-state index in [4.69, 9.17) is 9.47 Å². The Morgan fingerprint density at radius 3 is 2.61 bits per heavy atom. The number of likely N-dealkylation sites (tertiary alicyclic amines) is 1. The number of hydrogen-bond acceptors (Lipinski definition) is 5. The number of ether oxygens (including phenoxy) is 2. The number of benzene rings is 1. The van der Waals surface area contributed by atoms with Crippen LogP contribution in [0.5, 0.6) is 11.5 Å². The Morgan fingerprint density at radius 1 is 1.16 bits per heavy atom. The van der Waals surface area contributed by atoms with Crippen LogP contribution in [0.4, 0.5) is 0 Å². The van der Waals surface area contributed by atoms with Crippen LogP contribution in [-0.4, -0.2) is 47.7 Å². The quantitative estimate of drug-likeness (QED) is 0.198. The minimum atomic E-state index is -0.243. The van der Waals surface area contributed by atoms with Crippen molar-refractivity contribution in [2.24, 2.45) is 17.8 Å². The molecule has 2 aliphatic heterocycles. The number of amides is 2. The zero-order valence-electron chi connectivity index (χ0n) is 22.8. The maximum atomic E-state index is 13.7. The van der Waals surface area contributed by atoms with E-state index < -0.39 is 0 Å². The fraction of sp³-hybridized carbons (Fsp3) is 0.613. The summed E-state index contributed by atoms with van der Waals surface area (Å²) in [5.74, 6) is 0.393. The van der Waals surface area contributed by atoms with Crippen LogP contribution < -0.4 is 4.74 Å². The first kappa shape index (κ1) is 27.7. The van der Waals surface area contributed by atoms with E-state index in [-0.39, 0.29) is 47.5 Å². The highest BCUT2D eigenvalue weighted by Crippen LogP contribution is 2.51. The fourth-order valence-corrected chi connectivity index (χ4v) is 7.90. The van der Waals surface area contributed by atoms with Gasteiger partial charge in [-0.1, -0.05) is 50.3 Å². The molecule has 2 amide bonds. The van der Waals surface area contributed by atoms with E-state index in [9.17, 15) is 14.7 Å². The first-order chi connectivity index (χ1) is 18.4. The monoisotopic (exact) mass is 633 g/mol. The summed E-state index contributed by atoms with van der Waals surface area (Å²) in [5, 5.41) is 10.2. The lowest BCUT2D eigenvalue weighted by Gasteiger charge is -2.31. The third kappa shape index (κ3) is 5.05. The average molecular weight is 634 g/mol. The van der Waals surface area contributed by atoms with E-state index in [2.05, 4.69) is 42.5 Å². The normalized spacial score (nSPS) is 28.2.